The van der Waals surface area contributed by atoms with Crippen molar-refractivity contribution in [2.24, 2.45) is 11.1 Å². The molecule has 0 saturated carbocycles. The van der Waals surface area contributed by atoms with Crippen LogP contribution in [0.25, 0.3) is 0 Å². The third kappa shape index (κ3) is 7.20. The van der Waals surface area contributed by atoms with Gasteiger partial charge in [0.05, 0.1) is 12.6 Å². The number of likely N-dealkylation sites (N-methyl/N-ethyl adjacent to an activating group) is 1. The molecule has 126 valence electrons. The number of benzene rings is 1. The topological polar surface area (TPSA) is 58.4 Å². The van der Waals surface area contributed by atoms with Crippen LogP contribution in [-0.4, -0.2) is 37.5 Å². The van der Waals surface area contributed by atoms with Crippen molar-refractivity contribution in [1.82, 2.24) is 10.2 Å². The molecule has 1 unspecified atom stereocenters. The minimum Gasteiger partial charge on any atom is -0.348 e. The van der Waals surface area contributed by atoms with Gasteiger partial charge in [-0.25, -0.2) is 4.39 Å². The molecular formula is C16H27ClFN3O. The van der Waals surface area contributed by atoms with Gasteiger partial charge in [0.25, 0.3) is 0 Å². The summed E-state index contributed by atoms with van der Waals surface area (Å²) in [5.74, 6) is -0.330. The Balaban J connectivity index is 0.00000441. The van der Waals surface area contributed by atoms with E-state index in [4.69, 9.17) is 5.73 Å². The zero-order chi connectivity index (χ0) is 16.0. The maximum absolute atomic E-state index is 12.9. The average molecular weight is 332 g/mol. The molecule has 0 aliphatic rings. The third-order valence-corrected chi connectivity index (χ3v) is 3.41. The highest BCUT2D eigenvalue weighted by atomic mass is 35.5. The zero-order valence-electron chi connectivity index (χ0n) is 13.7. The first-order valence-electron chi connectivity index (χ1n) is 7.17. The van der Waals surface area contributed by atoms with Gasteiger partial charge in [-0.2, -0.15) is 0 Å². The summed E-state index contributed by atoms with van der Waals surface area (Å²) >= 11 is 0. The third-order valence-electron chi connectivity index (χ3n) is 3.41. The molecule has 1 aromatic carbocycles. The van der Waals surface area contributed by atoms with Gasteiger partial charge in [0, 0.05) is 6.54 Å². The van der Waals surface area contributed by atoms with Crippen LogP contribution in [0.1, 0.15) is 32.4 Å². The summed E-state index contributed by atoms with van der Waals surface area (Å²) in [6.07, 6.45) is 0. The van der Waals surface area contributed by atoms with E-state index in [-0.39, 0.29) is 35.6 Å². The maximum atomic E-state index is 12.9. The lowest BCUT2D eigenvalue weighted by Gasteiger charge is -2.28. The van der Waals surface area contributed by atoms with Crippen LogP contribution < -0.4 is 11.1 Å². The van der Waals surface area contributed by atoms with Gasteiger partial charge >= 0.3 is 0 Å². The molecule has 0 spiro atoms. The molecule has 22 heavy (non-hydrogen) atoms. The molecule has 0 aromatic heterocycles. The standard InChI is InChI=1S/C16H26FN3O.ClH/c1-12(13-5-7-14(17)8-6-13)19-15(21)9-20(4)11-16(2,3)10-18;/h5-8,12H,9-11,18H2,1-4H3,(H,19,21);1H. The molecule has 0 heterocycles. The van der Waals surface area contributed by atoms with Crippen molar-refractivity contribution in [3.8, 4) is 0 Å². The molecule has 6 heteroatoms. The van der Waals surface area contributed by atoms with Crippen LogP contribution in [0.3, 0.4) is 0 Å². The first kappa shape index (κ1) is 20.8. The highest BCUT2D eigenvalue weighted by molar-refractivity contribution is 5.85. The van der Waals surface area contributed by atoms with Crippen molar-refractivity contribution in [1.29, 1.82) is 0 Å². The Hall–Kier alpha value is -1.17. The summed E-state index contributed by atoms with van der Waals surface area (Å²) in [5, 5.41) is 2.92. The van der Waals surface area contributed by atoms with Gasteiger partial charge in [-0.15, -0.1) is 12.4 Å². The summed E-state index contributed by atoms with van der Waals surface area (Å²) < 4.78 is 12.9. The molecule has 4 nitrogen and oxygen atoms in total. The van der Waals surface area contributed by atoms with Gasteiger partial charge in [0.1, 0.15) is 5.82 Å². The molecule has 0 aliphatic carbocycles. The van der Waals surface area contributed by atoms with E-state index in [1.807, 2.05) is 18.9 Å². The fraction of sp³-hybridized carbons (Fsp3) is 0.562. The van der Waals surface area contributed by atoms with Crippen molar-refractivity contribution in [3.05, 3.63) is 35.6 Å². The number of amides is 1. The number of nitrogens with one attached hydrogen (secondary N) is 1. The normalized spacial score (nSPS) is 12.7. The Morgan fingerprint density at radius 1 is 1.36 bits per heavy atom. The molecular weight excluding hydrogens is 305 g/mol. The van der Waals surface area contributed by atoms with Gasteiger partial charge in [0.15, 0.2) is 0 Å². The van der Waals surface area contributed by atoms with E-state index in [2.05, 4.69) is 19.2 Å². The first-order chi connectivity index (χ1) is 9.73. The van der Waals surface area contributed by atoms with Gasteiger partial charge in [-0.05, 0) is 43.6 Å². The summed E-state index contributed by atoms with van der Waals surface area (Å²) in [5.41, 5.74) is 6.56. The van der Waals surface area contributed by atoms with Crippen LogP contribution in [0.2, 0.25) is 0 Å². The molecule has 1 amide bonds. The Labute approximate surface area is 138 Å². The Kier molecular flexibility index (Phi) is 8.60. The van der Waals surface area contributed by atoms with Crippen LogP contribution in [0, 0.1) is 11.2 Å². The number of hydrogen-bond donors (Lipinski definition) is 2. The number of halogens is 2. The van der Waals surface area contributed by atoms with Gasteiger partial charge in [0.2, 0.25) is 5.91 Å². The minimum atomic E-state index is -0.277. The molecule has 0 radical (unpaired) electrons. The molecule has 3 N–H and O–H groups in total. The monoisotopic (exact) mass is 331 g/mol. The predicted octanol–water partition coefficient (Wildman–Crippen LogP) is 2.34. The molecule has 1 aromatic rings. The number of rotatable bonds is 7. The van der Waals surface area contributed by atoms with Crippen molar-refractivity contribution in [2.45, 2.75) is 26.8 Å². The molecule has 0 bridgehead atoms. The van der Waals surface area contributed by atoms with Gasteiger partial charge in [-0.3, -0.25) is 9.69 Å². The van der Waals surface area contributed by atoms with E-state index >= 15 is 0 Å². The second-order valence-corrected chi connectivity index (χ2v) is 6.38. The summed E-state index contributed by atoms with van der Waals surface area (Å²) in [6, 6.07) is 6.01. The lowest BCUT2D eigenvalue weighted by Crippen LogP contribution is -2.42. The smallest absolute Gasteiger partial charge is 0.234 e. The number of carbonyl (C=O) groups is 1. The first-order valence-corrected chi connectivity index (χ1v) is 7.17. The van der Waals surface area contributed by atoms with Gasteiger partial charge < -0.3 is 11.1 Å². The summed E-state index contributed by atoms with van der Waals surface area (Å²) in [7, 11) is 1.90. The van der Waals surface area contributed by atoms with E-state index < -0.39 is 0 Å². The summed E-state index contributed by atoms with van der Waals surface area (Å²) in [6.45, 7) is 7.67. The van der Waals surface area contributed by atoms with Gasteiger partial charge in [-0.1, -0.05) is 26.0 Å². The molecule has 1 rings (SSSR count). The lowest BCUT2D eigenvalue weighted by molar-refractivity contribution is -0.122. The van der Waals surface area contributed by atoms with E-state index in [1.165, 1.54) is 12.1 Å². The highest BCUT2D eigenvalue weighted by Crippen LogP contribution is 2.14. The van der Waals surface area contributed by atoms with Crippen LogP contribution in [0.5, 0.6) is 0 Å². The zero-order valence-corrected chi connectivity index (χ0v) is 14.5. The van der Waals surface area contributed by atoms with Crippen LogP contribution in [0.4, 0.5) is 4.39 Å². The average Bonchev–Trinajstić information content (AvgIpc) is 2.38. The highest BCUT2D eigenvalue weighted by Gasteiger charge is 2.20. The maximum Gasteiger partial charge on any atom is 0.234 e. The van der Waals surface area contributed by atoms with E-state index in [0.717, 1.165) is 12.1 Å². The lowest BCUT2D eigenvalue weighted by atomic mass is 9.93. The Bertz CT molecular complexity index is 465. The molecule has 1 atom stereocenters. The quantitative estimate of drug-likeness (QED) is 0.806. The second-order valence-electron chi connectivity index (χ2n) is 6.38. The number of nitrogens with two attached hydrogens (primary N) is 1. The number of hydrogen-bond acceptors (Lipinski definition) is 3. The second kappa shape index (κ2) is 9.08. The van der Waals surface area contributed by atoms with Crippen molar-refractivity contribution in [2.75, 3.05) is 26.7 Å². The van der Waals surface area contributed by atoms with E-state index in [1.54, 1.807) is 12.1 Å². The SMILES string of the molecule is CC(NC(=O)CN(C)CC(C)(C)CN)c1ccc(F)cc1.Cl. The van der Waals surface area contributed by atoms with E-state index in [9.17, 15) is 9.18 Å². The molecule has 0 aliphatic heterocycles. The predicted molar refractivity (Wildman–Crippen MR) is 90.5 cm³/mol. The number of nitrogens with zero attached hydrogens (tertiary/aromatic N) is 1. The minimum absolute atomic E-state index is 0. The van der Waals surface area contributed by atoms with E-state index in [0.29, 0.717) is 13.1 Å². The number of carbonyl (C=O) groups excluding carboxylic acids is 1. The fourth-order valence-corrected chi connectivity index (χ4v) is 2.22. The summed E-state index contributed by atoms with van der Waals surface area (Å²) in [4.78, 5) is 14.0. The largest absolute Gasteiger partial charge is 0.348 e. The van der Waals surface area contributed by atoms with Crippen molar-refractivity contribution >= 4 is 18.3 Å². The Morgan fingerprint density at radius 3 is 2.41 bits per heavy atom. The Morgan fingerprint density at radius 2 is 1.91 bits per heavy atom. The van der Waals surface area contributed by atoms with Crippen molar-refractivity contribution < 1.29 is 9.18 Å². The molecule has 0 saturated heterocycles. The van der Waals surface area contributed by atoms with Crippen LogP contribution in [-0.2, 0) is 4.79 Å². The van der Waals surface area contributed by atoms with Crippen LogP contribution in [0.15, 0.2) is 24.3 Å². The van der Waals surface area contributed by atoms with Crippen molar-refractivity contribution in [3.63, 3.8) is 0 Å². The fourth-order valence-electron chi connectivity index (χ4n) is 2.22. The molecule has 0 fully saturated rings. The van der Waals surface area contributed by atoms with Crippen LogP contribution >= 0.6 is 12.4 Å².